The topological polar surface area (TPSA) is 24.1 Å². The molecule has 0 atom stereocenters. The van der Waals surface area contributed by atoms with Crippen LogP contribution in [0.25, 0.3) is 0 Å². The van der Waals surface area contributed by atoms with E-state index in [4.69, 9.17) is 24.4 Å². The number of unbranched alkanes of at least 4 members (excludes halogenated alkanes) is 2. The van der Waals surface area contributed by atoms with Crippen LogP contribution < -0.4 is 10.6 Å². The van der Waals surface area contributed by atoms with Crippen molar-refractivity contribution in [1.82, 2.24) is 10.6 Å². The highest BCUT2D eigenvalue weighted by atomic mass is 32.2. The highest BCUT2D eigenvalue weighted by molar-refractivity contribution is 8.35. The molecule has 0 aromatic rings. The van der Waals surface area contributed by atoms with Crippen molar-refractivity contribution in [1.29, 1.82) is 0 Å². The molecule has 0 rings (SSSR count). The standard InChI is InChI=1S/C11H22N2S4/c1-3-5-7-12-10(14)16-9-17-11(15)13-8-6-4-2/h3-9H2,1-2H3,(H,12,14)(H,13,15). The first-order chi connectivity index (χ1) is 8.20. The van der Waals surface area contributed by atoms with Gasteiger partial charge >= 0.3 is 0 Å². The Labute approximate surface area is 124 Å². The molecule has 0 amide bonds. The summed E-state index contributed by atoms with van der Waals surface area (Å²) in [4.78, 5) is 0. The van der Waals surface area contributed by atoms with Crippen LogP contribution in [-0.4, -0.2) is 26.8 Å². The van der Waals surface area contributed by atoms with Crippen LogP contribution in [-0.2, 0) is 0 Å². The number of thioether (sulfide) groups is 2. The number of nitrogens with one attached hydrogen (secondary N) is 2. The molecule has 100 valence electrons. The summed E-state index contributed by atoms with van der Waals surface area (Å²) in [6.07, 6.45) is 4.73. The molecule has 0 aromatic heterocycles. The van der Waals surface area contributed by atoms with Crippen molar-refractivity contribution in [3.05, 3.63) is 0 Å². The molecule has 0 spiro atoms. The van der Waals surface area contributed by atoms with E-state index >= 15 is 0 Å². The molecule has 0 radical (unpaired) electrons. The lowest BCUT2D eigenvalue weighted by Gasteiger charge is -2.08. The minimum absolute atomic E-state index is 0.877. The Morgan fingerprint density at radius 3 is 1.65 bits per heavy atom. The van der Waals surface area contributed by atoms with Gasteiger partial charge in [0.05, 0.1) is 5.08 Å². The second kappa shape index (κ2) is 12.9. The van der Waals surface area contributed by atoms with Gasteiger partial charge in [0, 0.05) is 13.1 Å². The largest absolute Gasteiger partial charge is 0.371 e. The van der Waals surface area contributed by atoms with E-state index < -0.39 is 0 Å². The second-order valence-corrected chi connectivity index (χ2v) is 7.21. The van der Waals surface area contributed by atoms with Crippen LogP contribution in [0.5, 0.6) is 0 Å². The number of hydrogen-bond acceptors (Lipinski definition) is 4. The van der Waals surface area contributed by atoms with Gasteiger partial charge in [0.1, 0.15) is 8.64 Å². The zero-order valence-electron chi connectivity index (χ0n) is 10.6. The number of hydrogen-bond donors (Lipinski definition) is 2. The maximum absolute atomic E-state index is 5.20. The monoisotopic (exact) mass is 310 g/mol. The molecule has 0 aliphatic heterocycles. The van der Waals surface area contributed by atoms with Crippen molar-refractivity contribution < 1.29 is 0 Å². The molecule has 0 aromatic carbocycles. The number of rotatable bonds is 8. The molecule has 2 N–H and O–H groups in total. The van der Waals surface area contributed by atoms with Gasteiger partial charge in [-0.15, -0.1) is 0 Å². The van der Waals surface area contributed by atoms with Gasteiger partial charge in [-0.2, -0.15) is 0 Å². The van der Waals surface area contributed by atoms with Crippen molar-refractivity contribution in [2.75, 3.05) is 18.2 Å². The summed E-state index contributed by atoms with van der Waals surface area (Å²) in [6, 6.07) is 0. The average Bonchev–Trinajstić information content (AvgIpc) is 2.30. The van der Waals surface area contributed by atoms with E-state index in [2.05, 4.69) is 24.5 Å². The Balaban J connectivity index is 3.36. The maximum atomic E-state index is 5.20. The van der Waals surface area contributed by atoms with Gasteiger partial charge in [-0.3, -0.25) is 0 Å². The van der Waals surface area contributed by atoms with Crippen molar-refractivity contribution in [2.45, 2.75) is 39.5 Å². The lowest BCUT2D eigenvalue weighted by molar-refractivity contribution is 0.762. The first kappa shape index (κ1) is 17.5. The van der Waals surface area contributed by atoms with E-state index in [9.17, 15) is 0 Å². The van der Waals surface area contributed by atoms with Gasteiger partial charge in [0.25, 0.3) is 0 Å². The summed E-state index contributed by atoms with van der Waals surface area (Å²) in [5.41, 5.74) is 0. The van der Waals surface area contributed by atoms with Gasteiger partial charge in [-0.05, 0) is 12.8 Å². The predicted molar refractivity (Wildman–Crippen MR) is 91.1 cm³/mol. The summed E-state index contributed by atoms with van der Waals surface area (Å²) >= 11 is 13.7. The van der Waals surface area contributed by atoms with Crippen LogP contribution in [0.15, 0.2) is 0 Å². The zero-order chi connectivity index (χ0) is 12.9. The Morgan fingerprint density at radius 1 is 0.882 bits per heavy atom. The molecule has 0 fully saturated rings. The highest BCUT2D eigenvalue weighted by Crippen LogP contribution is 2.13. The van der Waals surface area contributed by atoms with Crippen LogP contribution >= 0.6 is 48.0 Å². The normalized spacial score (nSPS) is 10.0. The molecule has 0 saturated heterocycles. The van der Waals surface area contributed by atoms with Gasteiger partial charge in [-0.1, -0.05) is 74.6 Å². The van der Waals surface area contributed by atoms with E-state index in [1.807, 2.05) is 0 Å². The Hall–Kier alpha value is 0.480. The van der Waals surface area contributed by atoms with E-state index in [1.165, 1.54) is 25.7 Å². The predicted octanol–water partition coefficient (Wildman–Crippen LogP) is 3.76. The van der Waals surface area contributed by atoms with Gasteiger partial charge in [0.2, 0.25) is 0 Å². The Bertz CT molecular complexity index is 200. The van der Waals surface area contributed by atoms with E-state index in [0.717, 1.165) is 26.8 Å². The summed E-state index contributed by atoms with van der Waals surface area (Å²) in [7, 11) is 0. The highest BCUT2D eigenvalue weighted by Gasteiger charge is 2.00. The molecule has 0 bridgehead atoms. The molecular weight excluding hydrogens is 288 g/mol. The molecule has 0 saturated carbocycles. The molecule has 6 heteroatoms. The zero-order valence-corrected chi connectivity index (χ0v) is 13.8. The molecule has 0 aliphatic rings. The smallest absolute Gasteiger partial charge is 0.134 e. The minimum atomic E-state index is 0.877. The van der Waals surface area contributed by atoms with Gasteiger partial charge in [-0.25, -0.2) is 0 Å². The van der Waals surface area contributed by atoms with E-state index in [-0.39, 0.29) is 0 Å². The number of thiocarbonyl (C=S) groups is 2. The van der Waals surface area contributed by atoms with Crippen LogP contribution in [0.4, 0.5) is 0 Å². The average molecular weight is 311 g/mol. The molecule has 2 nitrogen and oxygen atoms in total. The second-order valence-electron chi connectivity index (χ2n) is 3.54. The van der Waals surface area contributed by atoms with Gasteiger partial charge < -0.3 is 10.6 Å². The summed E-state index contributed by atoms with van der Waals surface area (Å²) in [5.74, 6) is 0. The fourth-order valence-corrected chi connectivity index (χ4v) is 3.54. The minimum Gasteiger partial charge on any atom is -0.371 e. The third kappa shape index (κ3) is 12.7. The molecule has 0 unspecified atom stereocenters. The van der Waals surface area contributed by atoms with Crippen molar-refractivity contribution in [2.24, 2.45) is 0 Å². The maximum Gasteiger partial charge on any atom is 0.134 e. The fourth-order valence-electron chi connectivity index (χ4n) is 0.973. The molecule has 17 heavy (non-hydrogen) atoms. The van der Waals surface area contributed by atoms with Crippen LogP contribution in [0.2, 0.25) is 0 Å². The molecular formula is C11H22N2S4. The third-order valence-electron chi connectivity index (χ3n) is 1.98. The van der Waals surface area contributed by atoms with Crippen LogP contribution in [0.1, 0.15) is 39.5 Å². The summed E-state index contributed by atoms with van der Waals surface area (Å²) < 4.78 is 1.75. The fraction of sp³-hybridized carbons (Fsp3) is 0.818. The first-order valence-electron chi connectivity index (χ1n) is 6.02. The van der Waals surface area contributed by atoms with Crippen LogP contribution in [0, 0.1) is 0 Å². The summed E-state index contributed by atoms with van der Waals surface area (Å²) in [6.45, 7) is 6.31. The third-order valence-corrected chi connectivity index (χ3v) is 4.73. The summed E-state index contributed by atoms with van der Waals surface area (Å²) in [5, 5.41) is 7.34. The van der Waals surface area contributed by atoms with Crippen molar-refractivity contribution in [3.63, 3.8) is 0 Å². The first-order valence-corrected chi connectivity index (χ1v) is 8.80. The van der Waals surface area contributed by atoms with Crippen molar-refractivity contribution in [3.8, 4) is 0 Å². The van der Waals surface area contributed by atoms with E-state index in [0.29, 0.717) is 0 Å². The molecule has 0 aliphatic carbocycles. The SMILES string of the molecule is CCCCNC(=S)SCSC(=S)NCCCC. The van der Waals surface area contributed by atoms with Crippen LogP contribution in [0.3, 0.4) is 0 Å². The molecule has 0 heterocycles. The lowest BCUT2D eigenvalue weighted by atomic mass is 10.3. The van der Waals surface area contributed by atoms with Crippen molar-refractivity contribution >= 4 is 56.6 Å². The Kier molecular flexibility index (Phi) is 13.3. The Morgan fingerprint density at radius 2 is 1.29 bits per heavy atom. The van der Waals surface area contributed by atoms with Gasteiger partial charge in [0.15, 0.2) is 0 Å². The lowest BCUT2D eigenvalue weighted by Crippen LogP contribution is -2.21. The van der Waals surface area contributed by atoms with E-state index in [1.54, 1.807) is 23.5 Å². The quantitative estimate of drug-likeness (QED) is 0.402.